The number of hydrogen-bond donors (Lipinski definition) is 1. The predicted molar refractivity (Wildman–Crippen MR) is 163 cm³/mol. The lowest BCUT2D eigenvalue weighted by atomic mass is 10.0. The van der Waals surface area contributed by atoms with Crippen LogP contribution in [0.25, 0.3) is 0 Å². The van der Waals surface area contributed by atoms with Crippen LogP contribution < -0.4 is 0 Å². The number of alkyl halides is 21. The Kier molecular flexibility index (Phi) is 19.7. The Morgan fingerprint density at radius 2 is 0.820 bits per heavy atom. The zero-order chi connectivity index (χ0) is 48.8. The lowest BCUT2D eigenvalue weighted by Crippen LogP contribution is -2.54. The fourth-order valence-electron chi connectivity index (χ4n) is 3.87. The highest BCUT2D eigenvalue weighted by atomic mass is 127. The lowest BCUT2D eigenvalue weighted by molar-refractivity contribution is -0.361. The standard InChI is InChI=1S/C27H29F20IO12S/c1-11(5-55-10-21(32,33)24(38,39)27(46,47)48)58-15(49)4-14(17(50)59-12(2)6-56-8-19(28,29)22(34,35)25(40,41)42)16(61(52,53)54)18(51)60-13(3)7-57-9-20(30,31)23(36,37)26(43,44)45/h11-14,16H,4-10H2,1-3H3,(H,52,53,54). The van der Waals surface area contributed by atoms with Gasteiger partial charge >= 0.3 is 69.7 Å². The van der Waals surface area contributed by atoms with Gasteiger partial charge in [-0.05, 0) is 20.8 Å². The normalized spacial score (nSPS) is 16.9. The summed E-state index contributed by atoms with van der Waals surface area (Å²) in [6, 6.07) is 0. The maximum Gasteiger partial charge on any atom is 0.459 e. The molecule has 61 heavy (non-hydrogen) atoms. The Hall–Kier alpha value is -2.47. The van der Waals surface area contributed by atoms with Crippen LogP contribution >= 0.6 is 22.6 Å². The van der Waals surface area contributed by atoms with Gasteiger partial charge in [0.2, 0.25) is 0 Å². The van der Waals surface area contributed by atoms with Crippen molar-refractivity contribution in [3.63, 3.8) is 0 Å². The van der Waals surface area contributed by atoms with Crippen LogP contribution in [0, 0.1) is 5.92 Å². The highest BCUT2D eigenvalue weighted by Crippen LogP contribution is 2.50. The molecule has 0 fully saturated rings. The summed E-state index contributed by atoms with van der Waals surface area (Å²) in [6.07, 6.45) is -21.9. The molecule has 5 atom stereocenters. The Morgan fingerprint density at radius 3 is 1.11 bits per heavy atom. The van der Waals surface area contributed by atoms with Gasteiger partial charge in [0.05, 0.1) is 32.2 Å². The van der Waals surface area contributed by atoms with Crippen molar-refractivity contribution in [1.82, 2.24) is 0 Å². The van der Waals surface area contributed by atoms with Crippen molar-refractivity contribution < 1.29 is 144 Å². The molecule has 0 saturated heterocycles. The summed E-state index contributed by atoms with van der Waals surface area (Å²) in [5, 5.41) is -3.52. The molecule has 0 aromatic rings. The van der Waals surface area contributed by atoms with Crippen molar-refractivity contribution in [1.29, 1.82) is 0 Å². The van der Waals surface area contributed by atoms with E-state index in [1.54, 1.807) is 0 Å². The minimum Gasteiger partial charge on any atom is -0.460 e. The van der Waals surface area contributed by atoms with E-state index in [0.29, 0.717) is 20.8 Å². The Labute approximate surface area is 342 Å². The summed E-state index contributed by atoms with van der Waals surface area (Å²) in [5.74, 6) is -46.8. The zero-order valence-corrected chi connectivity index (χ0v) is 33.1. The monoisotopic (exact) mass is 1080 g/mol. The third kappa shape index (κ3) is 15.6. The van der Waals surface area contributed by atoms with Crippen LogP contribution in [-0.2, 0) is 52.9 Å². The van der Waals surface area contributed by atoms with E-state index in [-0.39, 0.29) is 22.6 Å². The SMILES string of the molecule is CC(COCC(F)(F)C(F)(F)C(F)(F)I)OC(=O)CC(C(=O)OC(C)COCC(F)(F)C(F)(F)C(F)(F)F)C(C(=O)OC(C)COCC(F)(F)C(F)(F)C(F)(F)F)S(=O)(=O)O. The summed E-state index contributed by atoms with van der Waals surface area (Å²) in [5.41, 5.74) is 0. The maximum atomic E-state index is 13.7. The number of carbonyl (C=O) groups is 3. The molecule has 0 aliphatic heterocycles. The van der Waals surface area contributed by atoms with Crippen LogP contribution in [0.4, 0.5) is 87.8 Å². The van der Waals surface area contributed by atoms with Crippen molar-refractivity contribution in [3.05, 3.63) is 0 Å². The first-order valence-electron chi connectivity index (χ1n) is 15.6. The summed E-state index contributed by atoms with van der Waals surface area (Å²) in [6.45, 7) is -10.8. The van der Waals surface area contributed by atoms with Crippen LogP contribution in [0.3, 0.4) is 0 Å². The molecular weight excluding hydrogens is 1060 g/mol. The second-order valence-electron chi connectivity index (χ2n) is 12.4. The third-order valence-electron chi connectivity index (χ3n) is 6.93. The number of carbonyl (C=O) groups excluding carboxylic acids is 3. The molecule has 0 radical (unpaired) electrons. The van der Waals surface area contributed by atoms with Gasteiger partial charge in [-0.3, -0.25) is 18.9 Å². The molecular formula is C27H29F20IO12S. The van der Waals surface area contributed by atoms with E-state index in [2.05, 4.69) is 28.4 Å². The van der Waals surface area contributed by atoms with Crippen molar-refractivity contribution in [2.24, 2.45) is 5.92 Å². The first-order chi connectivity index (χ1) is 26.8. The summed E-state index contributed by atoms with van der Waals surface area (Å²) in [4.78, 5) is 38.5. The highest BCUT2D eigenvalue weighted by molar-refractivity contribution is 14.1. The number of esters is 3. The molecule has 0 saturated carbocycles. The van der Waals surface area contributed by atoms with Gasteiger partial charge in [-0.25, -0.2) is 0 Å². The Morgan fingerprint density at radius 1 is 0.525 bits per heavy atom. The van der Waals surface area contributed by atoms with Gasteiger partial charge in [0, 0.05) is 22.6 Å². The lowest BCUT2D eigenvalue weighted by Gasteiger charge is -2.29. The van der Waals surface area contributed by atoms with E-state index in [1.807, 2.05) is 0 Å². The minimum atomic E-state index is -6.83. The second-order valence-corrected chi connectivity index (χ2v) is 15.3. The molecule has 34 heteroatoms. The average Bonchev–Trinajstić information content (AvgIpc) is 3.01. The van der Waals surface area contributed by atoms with Gasteiger partial charge in [0.1, 0.15) is 38.1 Å². The Bertz CT molecular complexity index is 1590. The van der Waals surface area contributed by atoms with Crippen molar-refractivity contribution in [2.75, 3.05) is 39.6 Å². The smallest absolute Gasteiger partial charge is 0.459 e. The predicted octanol–water partition coefficient (Wildman–Crippen LogP) is 7.06. The average molecular weight is 1080 g/mol. The largest absolute Gasteiger partial charge is 0.460 e. The van der Waals surface area contributed by atoms with Gasteiger partial charge in [-0.2, -0.15) is 96.2 Å². The molecule has 5 unspecified atom stereocenters. The first-order valence-corrected chi connectivity index (χ1v) is 18.2. The van der Waals surface area contributed by atoms with E-state index in [0.717, 1.165) is 0 Å². The molecule has 362 valence electrons. The summed E-state index contributed by atoms with van der Waals surface area (Å²) >= 11 is -0.315. The van der Waals surface area contributed by atoms with Crippen molar-refractivity contribution >= 4 is 50.6 Å². The minimum absolute atomic E-state index is 0.315. The molecule has 0 rings (SSSR count). The summed E-state index contributed by atoms with van der Waals surface area (Å²) < 4.78 is 315. The zero-order valence-electron chi connectivity index (χ0n) is 30.1. The van der Waals surface area contributed by atoms with E-state index in [4.69, 9.17) is 0 Å². The number of ether oxygens (including phenoxy) is 6. The number of halogens is 21. The van der Waals surface area contributed by atoms with Crippen LogP contribution in [-0.4, -0.2) is 146 Å². The molecule has 0 aliphatic carbocycles. The van der Waals surface area contributed by atoms with Crippen molar-refractivity contribution in [2.45, 2.75) is 103 Å². The van der Waals surface area contributed by atoms with Crippen LogP contribution in [0.5, 0.6) is 0 Å². The Balaban J connectivity index is 6.34. The molecule has 0 amide bonds. The van der Waals surface area contributed by atoms with E-state index < -0.39 is 155 Å². The molecule has 0 aliphatic rings. The molecule has 0 bridgehead atoms. The van der Waals surface area contributed by atoms with Gasteiger partial charge in [-0.15, -0.1) is 0 Å². The second kappa shape index (κ2) is 20.6. The highest BCUT2D eigenvalue weighted by Gasteiger charge is 2.74. The van der Waals surface area contributed by atoms with E-state index >= 15 is 0 Å². The van der Waals surface area contributed by atoms with Gasteiger partial charge in [0.15, 0.2) is 5.25 Å². The van der Waals surface area contributed by atoms with Gasteiger partial charge in [0.25, 0.3) is 10.1 Å². The fourth-order valence-corrected chi connectivity index (χ4v) is 5.18. The molecule has 1 N–H and O–H groups in total. The molecule has 0 heterocycles. The van der Waals surface area contributed by atoms with E-state index in [1.165, 1.54) is 0 Å². The van der Waals surface area contributed by atoms with Gasteiger partial charge < -0.3 is 28.4 Å². The maximum absolute atomic E-state index is 13.7. The first kappa shape index (κ1) is 58.5. The van der Waals surface area contributed by atoms with Crippen LogP contribution in [0.15, 0.2) is 0 Å². The van der Waals surface area contributed by atoms with Gasteiger partial charge in [-0.1, -0.05) is 0 Å². The molecule has 0 aromatic heterocycles. The van der Waals surface area contributed by atoms with Crippen LogP contribution in [0.1, 0.15) is 27.2 Å². The molecule has 12 nitrogen and oxygen atoms in total. The van der Waals surface area contributed by atoms with E-state index in [9.17, 15) is 115 Å². The number of rotatable bonds is 25. The fraction of sp³-hybridized carbons (Fsp3) is 0.889. The van der Waals surface area contributed by atoms with Crippen molar-refractivity contribution in [3.8, 4) is 0 Å². The quantitative estimate of drug-likeness (QED) is 0.0248. The topological polar surface area (TPSA) is 161 Å². The molecule has 0 aromatic carbocycles. The van der Waals surface area contributed by atoms with Crippen LogP contribution in [0.2, 0.25) is 0 Å². The number of hydrogen-bond acceptors (Lipinski definition) is 11. The summed E-state index contributed by atoms with van der Waals surface area (Å²) in [7, 11) is -6.20. The third-order valence-corrected chi connectivity index (χ3v) is 8.77. The molecule has 0 spiro atoms.